The summed E-state index contributed by atoms with van der Waals surface area (Å²) in [5.74, 6) is -2.26. The first kappa shape index (κ1) is 30.6. The maximum atomic E-state index is 14.6. The molecule has 0 radical (unpaired) electrons. The molecule has 4 aliphatic rings. The van der Waals surface area contributed by atoms with Gasteiger partial charge in [0.05, 0.1) is 6.10 Å². The predicted molar refractivity (Wildman–Crippen MR) is 141 cm³/mol. The van der Waals surface area contributed by atoms with Crippen LogP contribution in [0.5, 0.6) is 0 Å². The molecule has 2 atom stereocenters. The Balaban J connectivity index is 1.32. The minimum atomic E-state index is -4.77. The fraction of sp³-hybridized carbons (Fsp3) is 0.821. The van der Waals surface area contributed by atoms with Crippen LogP contribution in [0.15, 0.2) is 4.52 Å². The zero-order valence-electron chi connectivity index (χ0n) is 24.8. The zero-order chi connectivity index (χ0) is 30.9. The van der Waals surface area contributed by atoms with Crippen molar-refractivity contribution in [3.63, 3.8) is 0 Å². The van der Waals surface area contributed by atoms with Gasteiger partial charge in [0.15, 0.2) is 5.82 Å². The highest BCUT2D eigenvalue weighted by atomic mass is 19.4. The molecule has 14 heteroatoms. The molecule has 234 valence electrons. The van der Waals surface area contributed by atoms with E-state index in [0.717, 1.165) is 19.3 Å². The van der Waals surface area contributed by atoms with E-state index < -0.39 is 77.2 Å². The average molecular weight is 600 g/mol. The van der Waals surface area contributed by atoms with Crippen LogP contribution in [-0.4, -0.2) is 105 Å². The first-order valence-corrected chi connectivity index (χ1v) is 14.5. The third-order valence-electron chi connectivity index (χ3n) is 9.31. The van der Waals surface area contributed by atoms with Crippen LogP contribution >= 0.6 is 0 Å². The third-order valence-corrected chi connectivity index (χ3v) is 9.31. The van der Waals surface area contributed by atoms with E-state index in [1.165, 1.54) is 14.7 Å². The number of hydrogen-bond acceptors (Lipinski definition) is 8. The van der Waals surface area contributed by atoms with Crippen LogP contribution in [0.3, 0.4) is 0 Å². The molecular formula is C28H40F3N5O6. The van der Waals surface area contributed by atoms with Gasteiger partial charge in [-0.3, -0.25) is 14.5 Å². The van der Waals surface area contributed by atoms with E-state index in [9.17, 15) is 32.7 Å². The average Bonchev–Trinajstić information content (AvgIpc) is 3.34. The molecule has 1 aromatic heterocycles. The number of aliphatic hydroxyl groups is 1. The van der Waals surface area contributed by atoms with Crippen molar-refractivity contribution in [3.05, 3.63) is 11.7 Å². The fourth-order valence-electron chi connectivity index (χ4n) is 6.74. The Morgan fingerprint density at radius 1 is 1.00 bits per heavy atom. The van der Waals surface area contributed by atoms with E-state index >= 15 is 0 Å². The van der Waals surface area contributed by atoms with Gasteiger partial charge in [0.25, 0.3) is 0 Å². The lowest BCUT2D eigenvalue weighted by atomic mass is 9.61. The van der Waals surface area contributed by atoms with Crippen molar-refractivity contribution in [1.82, 2.24) is 24.8 Å². The van der Waals surface area contributed by atoms with Gasteiger partial charge < -0.3 is 24.2 Å². The molecule has 1 N–H and O–H groups in total. The summed E-state index contributed by atoms with van der Waals surface area (Å²) < 4.78 is 54.4. The zero-order valence-corrected chi connectivity index (χ0v) is 24.8. The second-order valence-electron chi connectivity index (χ2n) is 14.2. The van der Waals surface area contributed by atoms with Crippen molar-refractivity contribution in [3.8, 4) is 0 Å². The lowest BCUT2D eigenvalue weighted by Crippen LogP contribution is -2.65. The predicted octanol–water partition coefficient (Wildman–Crippen LogP) is 3.51. The first-order valence-electron chi connectivity index (χ1n) is 14.5. The topological polar surface area (TPSA) is 129 Å². The Morgan fingerprint density at radius 2 is 1.62 bits per heavy atom. The maximum absolute atomic E-state index is 14.6. The van der Waals surface area contributed by atoms with Gasteiger partial charge in [0, 0.05) is 44.6 Å². The molecule has 1 spiro atoms. The van der Waals surface area contributed by atoms with Crippen molar-refractivity contribution in [1.29, 1.82) is 0 Å². The molecule has 5 rings (SSSR count). The van der Waals surface area contributed by atoms with Gasteiger partial charge >= 0.3 is 24.1 Å². The van der Waals surface area contributed by atoms with E-state index in [0.29, 0.717) is 13.1 Å². The first-order chi connectivity index (χ1) is 19.4. The number of piperidine rings is 2. The summed E-state index contributed by atoms with van der Waals surface area (Å²) in [6, 6.07) is -1.06. The largest absolute Gasteiger partial charge is 0.444 e. The third kappa shape index (κ3) is 5.35. The van der Waals surface area contributed by atoms with Crippen LogP contribution in [-0.2, 0) is 14.9 Å². The summed E-state index contributed by atoms with van der Waals surface area (Å²) >= 11 is 0. The van der Waals surface area contributed by atoms with Crippen molar-refractivity contribution >= 4 is 17.9 Å². The minimum Gasteiger partial charge on any atom is -0.444 e. The highest BCUT2D eigenvalue weighted by Gasteiger charge is 2.61. The summed E-state index contributed by atoms with van der Waals surface area (Å²) in [4.78, 5) is 47.6. The fourth-order valence-corrected chi connectivity index (χ4v) is 6.74. The standard InChI is InChI=1S/C28H40F3N5O6/c1-24(2,3)41-23(40)36-16-26(7-6-8-26)18(37)13-17(36)20(38)34-11-9-27(10-12-34,28(29,30)31)22-32-19(42-33-22)21(39)35-14-25(4,5)15-35/h17-18,37H,6-16H2,1-5H3/t17-,18+/m0/s1. The van der Waals surface area contributed by atoms with Gasteiger partial charge in [-0.1, -0.05) is 25.4 Å². The summed E-state index contributed by atoms with van der Waals surface area (Å²) in [6.07, 6.45) is -5.03. The number of alkyl halides is 3. The molecule has 42 heavy (non-hydrogen) atoms. The molecule has 0 aromatic carbocycles. The Labute approximate surface area is 242 Å². The Morgan fingerprint density at radius 3 is 2.12 bits per heavy atom. The van der Waals surface area contributed by atoms with Gasteiger partial charge in [-0.25, -0.2) is 4.79 Å². The number of likely N-dealkylation sites (tertiary alicyclic amines) is 3. The van der Waals surface area contributed by atoms with Crippen molar-refractivity contribution in [2.45, 2.75) is 102 Å². The molecule has 3 aliphatic heterocycles. The Hall–Kier alpha value is -2.90. The second kappa shape index (κ2) is 10.1. The van der Waals surface area contributed by atoms with Gasteiger partial charge in [0.1, 0.15) is 17.1 Å². The lowest BCUT2D eigenvalue weighted by Gasteiger charge is -2.54. The van der Waals surface area contributed by atoms with Crippen LogP contribution in [0.25, 0.3) is 0 Å². The van der Waals surface area contributed by atoms with Crippen molar-refractivity contribution in [2.24, 2.45) is 10.8 Å². The molecule has 3 amide bonds. The second-order valence-corrected chi connectivity index (χ2v) is 14.2. The summed E-state index contributed by atoms with van der Waals surface area (Å²) in [7, 11) is 0. The number of hydrogen-bond donors (Lipinski definition) is 1. The molecule has 4 heterocycles. The van der Waals surface area contributed by atoms with Crippen molar-refractivity contribution in [2.75, 3.05) is 32.7 Å². The molecule has 1 aliphatic carbocycles. The summed E-state index contributed by atoms with van der Waals surface area (Å²) in [6.45, 7) is 9.52. The summed E-state index contributed by atoms with van der Waals surface area (Å²) in [5, 5.41) is 14.5. The molecule has 1 saturated carbocycles. The monoisotopic (exact) mass is 599 g/mol. The molecule has 0 bridgehead atoms. The number of halogens is 3. The van der Waals surface area contributed by atoms with Crippen LogP contribution < -0.4 is 0 Å². The van der Waals surface area contributed by atoms with E-state index in [2.05, 4.69) is 10.1 Å². The van der Waals surface area contributed by atoms with Gasteiger partial charge in [-0.05, 0) is 51.9 Å². The molecule has 11 nitrogen and oxygen atoms in total. The number of rotatable bonds is 3. The number of ether oxygens (including phenoxy) is 1. The van der Waals surface area contributed by atoms with Crippen LogP contribution in [0.4, 0.5) is 18.0 Å². The van der Waals surface area contributed by atoms with Crippen LogP contribution in [0.2, 0.25) is 0 Å². The molecule has 1 aromatic rings. The minimum absolute atomic E-state index is 0.0113. The highest BCUT2D eigenvalue weighted by Crippen LogP contribution is 2.50. The molecule has 3 saturated heterocycles. The molecule has 0 unspecified atom stereocenters. The maximum Gasteiger partial charge on any atom is 0.410 e. The normalized spacial score (nSPS) is 26.8. The van der Waals surface area contributed by atoms with Gasteiger partial charge in [-0.2, -0.15) is 18.2 Å². The van der Waals surface area contributed by atoms with Crippen molar-refractivity contribution < 1.29 is 41.9 Å². The molecular weight excluding hydrogens is 559 g/mol. The number of carbonyl (C=O) groups is 3. The number of carbonyl (C=O) groups excluding carboxylic acids is 3. The quantitative estimate of drug-likeness (QED) is 0.559. The molecule has 4 fully saturated rings. The number of amides is 3. The Bertz CT molecular complexity index is 1220. The highest BCUT2D eigenvalue weighted by molar-refractivity contribution is 5.90. The van der Waals surface area contributed by atoms with E-state index in [1.807, 2.05) is 13.8 Å². The van der Waals surface area contributed by atoms with Crippen LogP contribution in [0.1, 0.15) is 89.7 Å². The Kier molecular flexibility index (Phi) is 7.34. The summed E-state index contributed by atoms with van der Waals surface area (Å²) in [5.41, 5.74) is -3.91. The number of aliphatic hydroxyl groups excluding tert-OH is 1. The van der Waals surface area contributed by atoms with E-state index in [4.69, 9.17) is 9.26 Å². The lowest BCUT2D eigenvalue weighted by molar-refractivity contribution is -0.207. The van der Waals surface area contributed by atoms with E-state index in [-0.39, 0.29) is 31.5 Å². The van der Waals surface area contributed by atoms with Gasteiger partial charge in [0.2, 0.25) is 5.91 Å². The smallest absolute Gasteiger partial charge is 0.410 e. The van der Waals surface area contributed by atoms with Gasteiger partial charge in [-0.15, -0.1) is 0 Å². The SMILES string of the molecule is CC1(C)CN(C(=O)c2nc(C3(C(F)(F)F)CCN(C(=O)[C@@H]4C[C@@H](O)C5(CCC5)CN4C(=O)OC(C)(C)C)CC3)no2)C1. The number of nitrogens with zero attached hydrogens (tertiary/aromatic N) is 5. The van der Waals surface area contributed by atoms with E-state index in [1.54, 1.807) is 20.8 Å². The number of aromatic nitrogens is 2. The van der Waals surface area contributed by atoms with Crippen LogP contribution in [0, 0.1) is 10.8 Å².